The van der Waals surface area contributed by atoms with Crippen LogP contribution in [0.1, 0.15) is 29.0 Å². The fourth-order valence-electron chi connectivity index (χ4n) is 3.52. The molecule has 1 atom stereocenters. The third kappa shape index (κ3) is 3.98. The van der Waals surface area contributed by atoms with Crippen molar-refractivity contribution in [2.24, 2.45) is 0 Å². The first kappa shape index (κ1) is 18.0. The average Bonchev–Trinajstić information content (AvgIpc) is 3.08. The molecule has 2 N–H and O–H groups in total. The molecule has 1 aliphatic rings. The summed E-state index contributed by atoms with van der Waals surface area (Å²) in [7, 11) is 0. The Bertz CT molecular complexity index is 999. The third-order valence-corrected chi connectivity index (χ3v) is 4.97. The number of anilines is 1. The molecule has 5 nitrogen and oxygen atoms in total. The van der Waals surface area contributed by atoms with Crippen LogP contribution < -0.4 is 10.1 Å². The number of fused-ring (bicyclic) bond motifs is 1. The van der Waals surface area contributed by atoms with Crippen LogP contribution in [0.3, 0.4) is 0 Å². The highest BCUT2D eigenvalue weighted by atomic mass is 16.5. The number of hydrogen-bond donors (Lipinski definition) is 2. The molecule has 1 aliphatic heterocycles. The van der Waals surface area contributed by atoms with Gasteiger partial charge in [-0.3, -0.25) is 4.79 Å². The molecule has 1 aromatic heterocycles. The van der Waals surface area contributed by atoms with E-state index in [1.807, 2.05) is 36.5 Å². The molecule has 4 rings (SSSR count). The number of carboxylic acids is 1. The van der Waals surface area contributed by atoms with Gasteiger partial charge >= 0.3 is 5.97 Å². The topological polar surface area (TPSA) is 71.5 Å². The van der Waals surface area contributed by atoms with E-state index in [0.29, 0.717) is 6.61 Å². The van der Waals surface area contributed by atoms with Crippen LogP contribution in [0.5, 0.6) is 5.75 Å². The van der Waals surface area contributed by atoms with E-state index in [4.69, 9.17) is 9.84 Å². The van der Waals surface area contributed by atoms with Crippen LogP contribution >= 0.6 is 0 Å². The molecule has 0 amide bonds. The maximum atomic E-state index is 11.0. The third-order valence-electron chi connectivity index (χ3n) is 4.97. The number of nitrogens with zero attached hydrogens (tertiary/aromatic N) is 1. The van der Waals surface area contributed by atoms with Crippen LogP contribution in [-0.2, 0) is 11.3 Å². The van der Waals surface area contributed by atoms with Crippen molar-refractivity contribution in [3.05, 3.63) is 77.5 Å². The predicted octanol–water partition coefficient (Wildman–Crippen LogP) is 4.62. The standard InChI is InChI=1S/C23H22N2O3/c1-15-3-2-4-16(9-15)12-24-22-8-6-18(13-25-22)17-5-7-20-19(11-23(26)27)14-28-21(20)10-17/h2-10,13,19H,11-12,14H2,1H3,(H,24,25)(H,26,27)/t19-/m0/s1. The van der Waals surface area contributed by atoms with E-state index in [1.54, 1.807) is 0 Å². The highest BCUT2D eigenvalue weighted by Gasteiger charge is 2.26. The second-order valence-corrected chi connectivity index (χ2v) is 7.13. The van der Waals surface area contributed by atoms with Gasteiger partial charge in [0.2, 0.25) is 0 Å². The molecule has 0 spiro atoms. The van der Waals surface area contributed by atoms with E-state index in [0.717, 1.165) is 34.8 Å². The van der Waals surface area contributed by atoms with Gasteiger partial charge in [-0.05, 0) is 36.2 Å². The molecule has 3 aromatic rings. The fraction of sp³-hybridized carbons (Fsp3) is 0.217. The Balaban J connectivity index is 1.45. The molecular formula is C23H22N2O3. The quantitative estimate of drug-likeness (QED) is 0.659. The predicted molar refractivity (Wildman–Crippen MR) is 109 cm³/mol. The van der Waals surface area contributed by atoms with Crippen molar-refractivity contribution in [3.63, 3.8) is 0 Å². The smallest absolute Gasteiger partial charge is 0.304 e. The van der Waals surface area contributed by atoms with E-state index >= 15 is 0 Å². The van der Waals surface area contributed by atoms with Gasteiger partial charge in [-0.1, -0.05) is 42.0 Å². The second kappa shape index (κ2) is 7.72. The zero-order valence-corrected chi connectivity index (χ0v) is 15.7. The van der Waals surface area contributed by atoms with Gasteiger partial charge in [0.1, 0.15) is 11.6 Å². The van der Waals surface area contributed by atoms with Crippen molar-refractivity contribution >= 4 is 11.8 Å². The molecule has 0 saturated heterocycles. The highest BCUT2D eigenvalue weighted by Crippen LogP contribution is 2.38. The molecule has 2 heterocycles. The lowest BCUT2D eigenvalue weighted by molar-refractivity contribution is -0.137. The van der Waals surface area contributed by atoms with Gasteiger partial charge in [-0.2, -0.15) is 0 Å². The van der Waals surface area contributed by atoms with Crippen molar-refractivity contribution in [3.8, 4) is 16.9 Å². The molecular weight excluding hydrogens is 352 g/mol. The number of carbonyl (C=O) groups is 1. The molecule has 5 heteroatoms. The summed E-state index contributed by atoms with van der Waals surface area (Å²) in [6.45, 7) is 3.23. The summed E-state index contributed by atoms with van der Waals surface area (Å²) in [4.78, 5) is 15.5. The molecule has 28 heavy (non-hydrogen) atoms. The Hall–Kier alpha value is -3.34. The van der Waals surface area contributed by atoms with Gasteiger partial charge in [-0.15, -0.1) is 0 Å². The zero-order valence-electron chi connectivity index (χ0n) is 15.7. The van der Waals surface area contributed by atoms with Crippen LogP contribution in [0, 0.1) is 6.92 Å². The molecule has 0 aliphatic carbocycles. The number of rotatable bonds is 6. The number of benzene rings is 2. The maximum absolute atomic E-state index is 11.0. The summed E-state index contributed by atoms with van der Waals surface area (Å²) in [5.41, 5.74) is 5.43. The van der Waals surface area contributed by atoms with Crippen LogP contribution in [-0.4, -0.2) is 22.7 Å². The minimum Gasteiger partial charge on any atom is -0.493 e. The summed E-state index contributed by atoms with van der Waals surface area (Å²) < 4.78 is 5.70. The van der Waals surface area contributed by atoms with Crippen molar-refractivity contribution in [1.82, 2.24) is 4.98 Å². The number of aromatic nitrogens is 1. The van der Waals surface area contributed by atoms with E-state index < -0.39 is 5.97 Å². The number of aryl methyl sites for hydroxylation is 1. The minimum atomic E-state index is -0.802. The number of nitrogens with one attached hydrogen (secondary N) is 1. The van der Waals surface area contributed by atoms with Crippen molar-refractivity contribution in [1.29, 1.82) is 0 Å². The largest absolute Gasteiger partial charge is 0.493 e. The van der Waals surface area contributed by atoms with E-state index in [1.165, 1.54) is 11.1 Å². The first-order chi connectivity index (χ1) is 13.6. The molecule has 0 radical (unpaired) electrons. The van der Waals surface area contributed by atoms with E-state index in [-0.39, 0.29) is 12.3 Å². The van der Waals surface area contributed by atoms with Gasteiger partial charge < -0.3 is 15.2 Å². The molecule has 0 fully saturated rings. The molecule has 142 valence electrons. The number of carboxylic acid groups (broad SMARTS) is 1. The molecule has 0 unspecified atom stereocenters. The fourth-order valence-corrected chi connectivity index (χ4v) is 3.52. The van der Waals surface area contributed by atoms with E-state index in [9.17, 15) is 4.79 Å². The van der Waals surface area contributed by atoms with Crippen molar-refractivity contribution in [2.75, 3.05) is 11.9 Å². The Morgan fingerprint density at radius 3 is 2.79 bits per heavy atom. The number of aliphatic carboxylic acids is 1. The van der Waals surface area contributed by atoms with E-state index in [2.05, 4.69) is 41.5 Å². The van der Waals surface area contributed by atoms with Crippen LogP contribution in [0.25, 0.3) is 11.1 Å². The monoisotopic (exact) mass is 374 g/mol. The summed E-state index contributed by atoms with van der Waals surface area (Å²) in [5.74, 6) is 0.714. The number of ether oxygens (including phenoxy) is 1. The minimum absolute atomic E-state index is 0.0760. The average molecular weight is 374 g/mol. The van der Waals surface area contributed by atoms with Crippen molar-refractivity contribution in [2.45, 2.75) is 25.8 Å². The van der Waals surface area contributed by atoms with Gasteiger partial charge in [0.05, 0.1) is 13.0 Å². The molecule has 0 saturated carbocycles. The Kier molecular flexibility index (Phi) is 4.98. The summed E-state index contributed by atoms with van der Waals surface area (Å²) in [6.07, 6.45) is 1.93. The molecule has 2 aromatic carbocycles. The van der Waals surface area contributed by atoms with Gasteiger partial charge in [0.15, 0.2) is 0 Å². The van der Waals surface area contributed by atoms with Gasteiger partial charge in [-0.25, -0.2) is 4.98 Å². The van der Waals surface area contributed by atoms with Crippen molar-refractivity contribution < 1.29 is 14.6 Å². The first-order valence-electron chi connectivity index (χ1n) is 9.33. The lowest BCUT2D eigenvalue weighted by atomic mass is 9.95. The van der Waals surface area contributed by atoms with Crippen LogP contribution in [0.2, 0.25) is 0 Å². The maximum Gasteiger partial charge on any atom is 0.304 e. The summed E-state index contributed by atoms with van der Waals surface area (Å²) in [6, 6.07) is 18.3. The van der Waals surface area contributed by atoms with Crippen LogP contribution in [0.15, 0.2) is 60.8 Å². The Labute approximate surface area is 164 Å². The van der Waals surface area contributed by atoms with Crippen LogP contribution in [0.4, 0.5) is 5.82 Å². The summed E-state index contributed by atoms with van der Waals surface area (Å²) in [5, 5.41) is 12.4. The normalized spacial score (nSPS) is 15.0. The van der Waals surface area contributed by atoms with Gasteiger partial charge in [0, 0.05) is 29.8 Å². The Morgan fingerprint density at radius 2 is 2.04 bits per heavy atom. The highest BCUT2D eigenvalue weighted by molar-refractivity contribution is 5.70. The number of hydrogen-bond acceptors (Lipinski definition) is 4. The lowest BCUT2D eigenvalue weighted by Gasteiger charge is -2.09. The zero-order chi connectivity index (χ0) is 19.5. The van der Waals surface area contributed by atoms with Gasteiger partial charge in [0.25, 0.3) is 0 Å². The summed E-state index contributed by atoms with van der Waals surface area (Å²) >= 11 is 0. The second-order valence-electron chi connectivity index (χ2n) is 7.13. The first-order valence-corrected chi connectivity index (χ1v) is 9.33. The molecule has 0 bridgehead atoms. The Morgan fingerprint density at radius 1 is 1.18 bits per heavy atom. The lowest BCUT2D eigenvalue weighted by Crippen LogP contribution is -2.07. The SMILES string of the molecule is Cc1cccc(CNc2ccc(-c3ccc4c(c3)OC[C@@H]4CC(=O)O)cn2)c1. The number of pyridine rings is 1.